The van der Waals surface area contributed by atoms with Crippen molar-refractivity contribution < 1.29 is 18.8 Å². The van der Waals surface area contributed by atoms with Crippen molar-refractivity contribution in [1.29, 1.82) is 0 Å². The third-order valence-corrected chi connectivity index (χ3v) is 2.41. The lowest BCUT2D eigenvalue weighted by Crippen LogP contribution is -2.01. The minimum atomic E-state index is -0.749. The van der Waals surface area contributed by atoms with Crippen molar-refractivity contribution in [1.82, 2.24) is 0 Å². The maximum absolute atomic E-state index is 10.2. The summed E-state index contributed by atoms with van der Waals surface area (Å²) < 4.78 is 10.3. The Kier molecular flexibility index (Phi) is 5.96. The van der Waals surface area contributed by atoms with E-state index in [9.17, 15) is 4.79 Å². The molecule has 84 valence electrons. The van der Waals surface area contributed by atoms with E-state index in [1.54, 1.807) is 6.26 Å². The molecule has 0 amide bonds. The number of hydrogen-bond donors (Lipinski definition) is 1. The second-order valence-corrected chi connectivity index (χ2v) is 3.71. The first-order valence-corrected chi connectivity index (χ1v) is 5.57. The highest BCUT2D eigenvalue weighted by Crippen LogP contribution is 2.16. The predicted octanol–water partition coefficient (Wildman–Crippen LogP) is 2.33. The van der Waals surface area contributed by atoms with Gasteiger partial charge in [0.1, 0.15) is 6.26 Å². The summed E-state index contributed by atoms with van der Waals surface area (Å²) >= 11 is 1.27. The maximum atomic E-state index is 10.2. The van der Waals surface area contributed by atoms with Gasteiger partial charge in [0.05, 0.1) is 18.6 Å². The number of rotatable bonds is 7. The van der Waals surface area contributed by atoms with Gasteiger partial charge in [0.25, 0.3) is 0 Å². The summed E-state index contributed by atoms with van der Waals surface area (Å²) in [5, 5.41) is 10.3. The fraction of sp³-hybridized carbons (Fsp3) is 0.500. The molecule has 1 heterocycles. The second kappa shape index (κ2) is 7.36. The van der Waals surface area contributed by atoms with Gasteiger partial charge in [-0.25, -0.2) is 0 Å². The molecule has 0 unspecified atom stereocenters. The van der Waals surface area contributed by atoms with Crippen molar-refractivity contribution in [2.24, 2.45) is 0 Å². The van der Waals surface area contributed by atoms with Crippen LogP contribution in [0.4, 0.5) is 0 Å². The van der Waals surface area contributed by atoms with E-state index < -0.39 is 5.97 Å². The molecule has 1 N–H and O–H groups in total. The zero-order valence-electron chi connectivity index (χ0n) is 8.35. The molecule has 0 saturated carbocycles. The number of ether oxygens (including phenoxy) is 1. The van der Waals surface area contributed by atoms with Gasteiger partial charge in [0.15, 0.2) is 0 Å². The van der Waals surface area contributed by atoms with E-state index in [1.807, 2.05) is 11.5 Å². The summed E-state index contributed by atoms with van der Waals surface area (Å²) in [5.41, 5.74) is 1.07. The highest BCUT2D eigenvalue weighted by molar-refractivity contribution is 7.97. The van der Waals surface area contributed by atoms with E-state index in [2.05, 4.69) is 0 Å². The Morgan fingerprint density at radius 3 is 3.07 bits per heavy atom. The number of carboxylic acid groups (broad SMARTS) is 1. The molecule has 0 saturated heterocycles. The quantitative estimate of drug-likeness (QED) is 0.537. The van der Waals surface area contributed by atoms with Gasteiger partial charge in [-0.1, -0.05) is 0 Å². The number of unbranched alkanes of at least 4 members (excludes halogenated alkanes) is 1. The number of carbonyl (C=O) groups is 1. The average molecular weight is 230 g/mol. The highest BCUT2D eigenvalue weighted by atomic mass is 32.2. The Labute approximate surface area is 93.2 Å². The molecule has 0 spiro atoms. The standard InChI is InChI=1S/C10H14O4S/c11-10(12)3-1-2-5-13-7-9-4-6-14-15-8-9/h4,6,8H,1-3,5,7H2,(H,11,12). The summed E-state index contributed by atoms with van der Waals surface area (Å²) in [6.45, 7) is 1.16. The lowest BCUT2D eigenvalue weighted by molar-refractivity contribution is -0.137. The fourth-order valence-electron chi connectivity index (χ4n) is 1.03. The Hall–Kier alpha value is -0.940. The van der Waals surface area contributed by atoms with E-state index in [4.69, 9.17) is 14.0 Å². The minimum Gasteiger partial charge on any atom is -0.481 e. The van der Waals surface area contributed by atoms with Crippen LogP contribution in [0.3, 0.4) is 0 Å². The minimum absolute atomic E-state index is 0.218. The first kappa shape index (κ1) is 12.1. The van der Waals surface area contributed by atoms with Crippen molar-refractivity contribution >= 4 is 18.0 Å². The highest BCUT2D eigenvalue weighted by Gasteiger charge is 1.99. The zero-order valence-corrected chi connectivity index (χ0v) is 9.16. The Bertz CT molecular complexity index is 260. The monoisotopic (exact) mass is 230 g/mol. The molecule has 1 aliphatic rings. The smallest absolute Gasteiger partial charge is 0.303 e. The number of hydrogen-bond acceptors (Lipinski definition) is 4. The molecule has 4 nitrogen and oxygen atoms in total. The van der Waals surface area contributed by atoms with Gasteiger partial charge in [-0.3, -0.25) is 4.79 Å². The fourth-order valence-corrected chi connectivity index (χ4v) is 1.47. The van der Waals surface area contributed by atoms with Gasteiger partial charge in [-0.05, 0) is 24.5 Å². The summed E-state index contributed by atoms with van der Waals surface area (Å²) in [5.74, 6) is -0.749. The van der Waals surface area contributed by atoms with E-state index in [1.165, 1.54) is 12.0 Å². The largest absolute Gasteiger partial charge is 0.481 e. The van der Waals surface area contributed by atoms with Crippen LogP contribution >= 0.6 is 12.0 Å². The van der Waals surface area contributed by atoms with Crippen molar-refractivity contribution in [3.63, 3.8) is 0 Å². The SMILES string of the molecule is O=C(O)CCCCOCC1=CSOC=C1. The molecule has 1 rings (SSSR count). The first-order valence-electron chi connectivity index (χ1n) is 4.76. The van der Waals surface area contributed by atoms with Crippen LogP contribution in [0.25, 0.3) is 0 Å². The van der Waals surface area contributed by atoms with E-state index in [0.29, 0.717) is 19.6 Å². The second-order valence-electron chi connectivity index (χ2n) is 3.09. The van der Waals surface area contributed by atoms with E-state index >= 15 is 0 Å². The van der Waals surface area contributed by atoms with Crippen molar-refractivity contribution in [3.05, 3.63) is 23.3 Å². The van der Waals surface area contributed by atoms with Gasteiger partial charge in [0.2, 0.25) is 0 Å². The molecule has 0 aromatic heterocycles. The van der Waals surface area contributed by atoms with Crippen molar-refractivity contribution in [2.45, 2.75) is 19.3 Å². The van der Waals surface area contributed by atoms with Gasteiger partial charge >= 0.3 is 5.97 Å². The molecule has 15 heavy (non-hydrogen) atoms. The third-order valence-electron chi connectivity index (χ3n) is 1.79. The van der Waals surface area contributed by atoms with Crippen LogP contribution in [0.1, 0.15) is 19.3 Å². The van der Waals surface area contributed by atoms with Gasteiger partial charge < -0.3 is 14.0 Å². The molecule has 0 atom stereocenters. The molecule has 0 aliphatic carbocycles. The maximum Gasteiger partial charge on any atom is 0.303 e. The molecule has 0 radical (unpaired) electrons. The Morgan fingerprint density at radius 2 is 2.40 bits per heavy atom. The number of carboxylic acids is 1. The zero-order chi connectivity index (χ0) is 10.9. The molecular weight excluding hydrogens is 216 g/mol. The molecule has 1 aliphatic heterocycles. The lowest BCUT2D eigenvalue weighted by atomic mass is 10.2. The molecule has 0 bridgehead atoms. The molecular formula is C10H14O4S. The van der Waals surface area contributed by atoms with E-state index in [0.717, 1.165) is 12.0 Å². The summed E-state index contributed by atoms with van der Waals surface area (Å²) in [7, 11) is 0. The first-order chi connectivity index (χ1) is 7.29. The average Bonchev–Trinajstić information content (AvgIpc) is 2.24. The molecule has 0 aromatic carbocycles. The normalized spacial score (nSPS) is 14.5. The number of aliphatic carboxylic acids is 1. The van der Waals surface area contributed by atoms with Crippen molar-refractivity contribution in [3.8, 4) is 0 Å². The molecule has 5 heteroatoms. The third kappa shape index (κ3) is 6.19. The van der Waals surface area contributed by atoms with Gasteiger partial charge in [0, 0.05) is 18.4 Å². The Morgan fingerprint density at radius 1 is 1.53 bits per heavy atom. The van der Waals surface area contributed by atoms with E-state index in [-0.39, 0.29) is 6.42 Å². The summed E-state index contributed by atoms with van der Waals surface area (Å²) in [6, 6.07) is 0. The summed E-state index contributed by atoms with van der Waals surface area (Å²) in [4.78, 5) is 10.2. The molecule has 0 fully saturated rings. The predicted molar refractivity (Wildman–Crippen MR) is 58.2 cm³/mol. The van der Waals surface area contributed by atoms with Crippen LogP contribution in [-0.4, -0.2) is 24.3 Å². The van der Waals surface area contributed by atoms with Crippen LogP contribution in [0.15, 0.2) is 23.3 Å². The van der Waals surface area contributed by atoms with Crippen LogP contribution in [0, 0.1) is 0 Å². The van der Waals surface area contributed by atoms with Crippen molar-refractivity contribution in [2.75, 3.05) is 13.2 Å². The van der Waals surface area contributed by atoms with Gasteiger partial charge in [-0.2, -0.15) is 0 Å². The Balaban J connectivity index is 1.95. The van der Waals surface area contributed by atoms with Crippen LogP contribution in [0.5, 0.6) is 0 Å². The summed E-state index contributed by atoms with van der Waals surface area (Å²) in [6.07, 6.45) is 5.15. The van der Waals surface area contributed by atoms with Crippen LogP contribution < -0.4 is 0 Å². The van der Waals surface area contributed by atoms with Crippen LogP contribution in [0.2, 0.25) is 0 Å². The lowest BCUT2D eigenvalue weighted by Gasteiger charge is -2.07. The molecule has 0 aromatic rings. The van der Waals surface area contributed by atoms with Gasteiger partial charge in [-0.15, -0.1) is 0 Å². The topological polar surface area (TPSA) is 55.8 Å². The van der Waals surface area contributed by atoms with Crippen LogP contribution in [-0.2, 0) is 13.7 Å².